The Hall–Kier alpha value is -1.62. The maximum absolute atomic E-state index is 10.9. The van der Waals surface area contributed by atoms with Crippen LogP contribution in [0.15, 0.2) is 12.1 Å². The molecule has 0 aliphatic rings. The van der Waals surface area contributed by atoms with Gasteiger partial charge < -0.3 is 15.8 Å². The number of nitrogens with zero attached hydrogens (tertiary/aromatic N) is 1. The smallest absolute Gasteiger partial charge is 0.223 e. The Morgan fingerprint density at radius 2 is 2.29 bits per heavy atom. The highest BCUT2D eigenvalue weighted by Gasteiger charge is 2.11. The summed E-state index contributed by atoms with van der Waals surface area (Å²) in [5.41, 5.74) is 6.95. The highest BCUT2D eigenvalue weighted by molar-refractivity contribution is 5.76. The number of carbonyl (C=O) groups is 1. The van der Waals surface area contributed by atoms with Crippen LogP contribution in [0, 0.1) is 12.8 Å². The van der Waals surface area contributed by atoms with Crippen LogP contribution in [0.4, 0.5) is 0 Å². The number of hydrogen-bond acceptors (Lipinski definition) is 4. The van der Waals surface area contributed by atoms with Crippen LogP contribution in [0.5, 0.6) is 5.75 Å². The summed E-state index contributed by atoms with van der Waals surface area (Å²) < 4.78 is 5.56. The molecular weight excluding hydrogens is 218 g/mol. The summed E-state index contributed by atoms with van der Waals surface area (Å²) in [6.07, 6.45) is 0. The van der Waals surface area contributed by atoms with Gasteiger partial charge in [-0.15, -0.1) is 0 Å². The van der Waals surface area contributed by atoms with E-state index in [0.717, 1.165) is 11.4 Å². The third-order valence-corrected chi connectivity index (χ3v) is 2.39. The van der Waals surface area contributed by atoms with E-state index in [9.17, 15) is 4.79 Å². The van der Waals surface area contributed by atoms with E-state index in [-0.39, 0.29) is 18.4 Å². The summed E-state index contributed by atoms with van der Waals surface area (Å²) in [6.45, 7) is 4.56. The molecule has 0 aliphatic carbocycles. The molecule has 1 aromatic heterocycles. The minimum absolute atomic E-state index is 0.275. The zero-order chi connectivity index (χ0) is 12.8. The topological polar surface area (TPSA) is 77.2 Å². The summed E-state index contributed by atoms with van der Waals surface area (Å²) in [5, 5.41) is 3.03. The monoisotopic (exact) mass is 237 g/mol. The average molecular weight is 237 g/mol. The first-order valence-corrected chi connectivity index (χ1v) is 5.57. The maximum atomic E-state index is 10.9. The molecule has 1 amide bonds. The first kappa shape index (κ1) is 13.4. The van der Waals surface area contributed by atoms with Crippen molar-refractivity contribution in [1.82, 2.24) is 10.3 Å². The van der Waals surface area contributed by atoms with Gasteiger partial charge in [-0.25, -0.2) is 0 Å². The van der Waals surface area contributed by atoms with Crippen LogP contribution in [0.2, 0.25) is 0 Å². The number of nitrogens with one attached hydrogen (secondary N) is 1. The zero-order valence-corrected chi connectivity index (χ0v) is 10.5. The fourth-order valence-electron chi connectivity index (χ4n) is 1.32. The summed E-state index contributed by atoms with van der Waals surface area (Å²) >= 11 is 0. The molecule has 0 fully saturated rings. The fourth-order valence-corrected chi connectivity index (χ4v) is 1.32. The van der Waals surface area contributed by atoms with Crippen molar-refractivity contribution < 1.29 is 9.53 Å². The Morgan fingerprint density at radius 3 is 2.88 bits per heavy atom. The highest BCUT2D eigenvalue weighted by Crippen LogP contribution is 2.17. The predicted octanol–water partition coefficient (Wildman–Crippen LogP) is 0.610. The summed E-state index contributed by atoms with van der Waals surface area (Å²) in [4.78, 5) is 15.3. The molecular formula is C12H19N3O2. The van der Waals surface area contributed by atoms with Crippen molar-refractivity contribution in [2.75, 3.05) is 13.7 Å². The minimum atomic E-state index is -0.361. The van der Waals surface area contributed by atoms with E-state index in [1.54, 1.807) is 6.92 Å². The number of aromatic nitrogens is 1. The van der Waals surface area contributed by atoms with E-state index in [2.05, 4.69) is 10.3 Å². The van der Waals surface area contributed by atoms with Crippen molar-refractivity contribution in [3.63, 3.8) is 0 Å². The molecule has 0 aliphatic heterocycles. The second kappa shape index (κ2) is 6.20. The van der Waals surface area contributed by atoms with Gasteiger partial charge >= 0.3 is 0 Å². The summed E-state index contributed by atoms with van der Waals surface area (Å²) in [6, 6.07) is 3.74. The predicted molar refractivity (Wildman–Crippen MR) is 65.6 cm³/mol. The molecule has 0 radical (unpaired) electrons. The van der Waals surface area contributed by atoms with Crippen LogP contribution in [-0.2, 0) is 11.3 Å². The van der Waals surface area contributed by atoms with E-state index in [1.807, 2.05) is 26.1 Å². The lowest BCUT2D eigenvalue weighted by molar-refractivity contribution is -0.122. The van der Waals surface area contributed by atoms with Gasteiger partial charge in [-0.2, -0.15) is 0 Å². The Kier molecular flexibility index (Phi) is 4.90. The van der Waals surface area contributed by atoms with Crippen LogP contribution in [0.1, 0.15) is 18.3 Å². The number of amides is 1. The molecule has 0 bridgehead atoms. The summed E-state index contributed by atoms with van der Waals surface area (Å²) in [7, 11) is 1.85. The van der Waals surface area contributed by atoms with E-state index >= 15 is 0 Å². The highest BCUT2D eigenvalue weighted by atomic mass is 16.5. The van der Waals surface area contributed by atoms with Crippen molar-refractivity contribution in [2.24, 2.45) is 11.7 Å². The van der Waals surface area contributed by atoms with Crippen molar-refractivity contribution >= 4 is 5.91 Å². The molecule has 1 unspecified atom stereocenters. The Morgan fingerprint density at radius 1 is 1.59 bits per heavy atom. The van der Waals surface area contributed by atoms with Crippen molar-refractivity contribution in [2.45, 2.75) is 20.4 Å². The largest absolute Gasteiger partial charge is 0.491 e. The van der Waals surface area contributed by atoms with Crippen molar-refractivity contribution in [3.8, 4) is 5.75 Å². The van der Waals surface area contributed by atoms with Crippen LogP contribution >= 0.6 is 0 Å². The molecule has 0 aromatic carbocycles. The van der Waals surface area contributed by atoms with Gasteiger partial charge in [0, 0.05) is 12.2 Å². The third kappa shape index (κ3) is 4.03. The van der Waals surface area contributed by atoms with Gasteiger partial charge in [-0.1, -0.05) is 6.92 Å². The normalized spacial score (nSPS) is 12.2. The van der Waals surface area contributed by atoms with E-state index in [1.165, 1.54) is 0 Å². The summed E-state index contributed by atoms with van der Waals surface area (Å²) in [5.74, 6) is 0.0250. The van der Waals surface area contributed by atoms with Crippen molar-refractivity contribution in [1.29, 1.82) is 0 Å². The SMILES string of the molecule is CNCc1nc(C)ccc1OCC(C)C(N)=O. The Balaban J connectivity index is 2.72. The van der Waals surface area contributed by atoms with Crippen LogP contribution < -0.4 is 15.8 Å². The molecule has 94 valence electrons. The first-order valence-electron chi connectivity index (χ1n) is 5.57. The molecule has 0 saturated carbocycles. The fraction of sp³-hybridized carbons (Fsp3) is 0.500. The van der Waals surface area contributed by atoms with Gasteiger partial charge in [0.2, 0.25) is 5.91 Å². The lowest BCUT2D eigenvalue weighted by Crippen LogP contribution is -2.26. The van der Waals surface area contributed by atoms with Crippen LogP contribution in [0.3, 0.4) is 0 Å². The van der Waals surface area contributed by atoms with Gasteiger partial charge in [-0.05, 0) is 26.1 Å². The molecule has 1 aromatic rings. The lowest BCUT2D eigenvalue weighted by Gasteiger charge is -2.13. The van der Waals surface area contributed by atoms with Crippen molar-refractivity contribution in [3.05, 3.63) is 23.5 Å². The molecule has 5 nitrogen and oxygen atoms in total. The quantitative estimate of drug-likeness (QED) is 0.760. The molecule has 1 rings (SSSR count). The second-order valence-electron chi connectivity index (χ2n) is 4.04. The van der Waals surface area contributed by atoms with E-state index in [4.69, 9.17) is 10.5 Å². The second-order valence-corrected chi connectivity index (χ2v) is 4.04. The minimum Gasteiger partial charge on any atom is -0.491 e. The van der Waals surface area contributed by atoms with Gasteiger partial charge in [0.05, 0.1) is 18.2 Å². The number of ether oxygens (including phenoxy) is 1. The lowest BCUT2D eigenvalue weighted by atomic mass is 10.2. The number of rotatable bonds is 6. The zero-order valence-electron chi connectivity index (χ0n) is 10.5. The molecule has 17 heavy (non-hydrogen) atoms. The molecule has 3 N–H and O–H groups in total. The number of hydrogen-bond donors (Lipinski definition) is 2. The number of aryl methyl sites for hydroxylation is 1. The number of carbonyl (C=O) groups excluding carboxylic acids is 1. The van der Waals surface area contributed by atoms with Crippen LogP contribution in [-0.4, -0.2) is 24.5 Å². The third-order valence-electron chi connectivity index (χ3n) is 2.39. The number of pyridine rings is 1. The first-order chi connectivity index (χ1) is 8.04. The van der Waals surface area contributed by atoms with E-state index < -0.39 is 0 Å². The van der Waals surface area contributed by atoms with Gasteiger partial charge in [-0.3, -0.25) is 9.78 Å². The Labute approximate surface area is 101 Å². The average Bonchev–Trinajstić information content (AvgIpc) is 2.28. The molecule has 1 heterocycles. The molecule has 5 heteroatoms. The number of primary amides is 1. The van der Waals surface area contributed by atoms with Gasteiger partial charge in [0.25, 0.3) is 0 Å². The van der Waals surface area contributed by atoms with E-state index in [0.29, 0.717) is 12.3 Å². The molecule has 0 spiro atoms. The Bertz CT molecular complexity index is 393. The van der Waals surface area contributed by atoms with Gasteiger partial charge in [0.1, 0.15) is 5.75 Å². The standard InChI is InChI=1S/C12H19N3O2/c1-8(12(13)16)7-17-11-5-4-9(2)15-10(11)6-14-3/h4-5,8,14H,6-7H2,1-3H3,(H2,13,16). The van der Waals surface area contributed by atoms with Gasteiger partial charge in [0.15, 0.2) is 0 Å². The maximum Gasteiger partial charge on any atom is 0.223 e. The molecule has 1 atom stereocenters. The van der Waals surface area contributed by atoms with Crippen LogP contribution in [0.25, 0.3) is 0 Å². The molecule has 0 saturated heterocycles. The number of nitrogens with two attached hydrogens (primary N) is 1.